The quantitative estimate of drug-likeness (QED) is 0.364. The molecule has 1 rings (SSSR count). The molecule has 20 heavy (non-hydrogen) atoms. The fourth-order valence-electron chi connectivity index (χ4n) is 1.97. The molecule has 0 amide bonds. The summed E-state index contributed by atoms with van der Waals surface area (Å²) in [5.41, 5.74) is 3.71. The molecule has 0 saturated heterocycles. The van der Waals surface area contributed by atoms with Crippen molar-refractivity contribution in [2.45, 2.75) is 46.1 Å². The van der Waals surface area contributed by atoms with Crippen LogP contribution in [0.25, 0.3) is 0 Å². The molecule has 0 fully saturated rings. The van der Waals surface area contributed by atoms with E-state index in [-0.39, 0.29) is 0 Å². The molecular weight excluding hydrogens is 252 g/mol. The maximum Gasteiger partial charge on any atom is 0.148 e. The predicted octanol–water partition coefficient (Wildman–Crippen LogP) is 1.86. The second kappa shape index (κ2) is 8.71. The Morgan fingerprint density at radius 2 is 2.00 bits per heavy atom. The van der Waals surface area contributed by atoms with Gasteiger partial charge in [-0.15, -0.1) is 0 Å². The number of hydrogen-bond acceptors (Lipinski definition) is 6. The van der Waals surface area contributed by atoms with Crippen molar-refractivity contribution in [3.05, 3.63) is 11.9 Å². The molecule has 0 atom stereocenters. The number of hydrazine groups is 1. The maximum absolute atomic E-state index is 5.50. The molecule has 0 spiro atoms. The Morgan fingerprint density at radius 3 is 2.60 bits per heavy atom. The number of nitrogen functional groups attached to an aromatic ring is 1. The number of aromatic nitrogens is 2. The lowest BCUT2D eigenvalue weighted by molar-refractivity contribution is 0.273. The molecule has 0 saturated carbocycles. The van der Waals surface area contributed by atoms with Crippen molar-refractivity contribution in [3.8, 4) is 0 Å². The number of rotatable bonds is 9. The lowest BCUT2D eigenvalue weighted by Crippen LogP contribution is -2.28. The maximum atomic E-state index is 5.50. The predicted molar refractivity (Wildman–Crippen MR) is 84.7 cm³/mol. The van der Waals surface area contributed by atoms with Crippen LogP contribution >= 0.6 is 0 Å². The summed E-state index contributed by atoms with van der Waals surface area (Å²) in [5.74, 6) is 7.11. The van der Waals surface area contributed by atoms with E-state index in [1.807, 2.05) is 0 Å². The molecule has 0 aliphatic heterocycles. The first kappa shape index (κ1) is 16.7. The average Bonchev–Trinajstić information content (AvgIpc) is 2.44. The minimum Gasteiger partial charge on any atom is -0.370 e. The fraction of sp³-hybridized carbons (Fsp3) is 0.714. The van der Waals surface area contributed by atoms with Gasteiger partial charge in [-0.1, -0.05) is 13.3 Å². The number of anilines is 2. The highest BCUT2D eigenvalue weighted by Crippen LogP contribution is 2.20. The smallest absolute Gasteiger partial charge is 0.148 e. The van der Waals surface area contributed by atoms with Gasteiger partial charge in [0.1, 0.15) is 18.0 Å². The minimum atomic E-state index is 0.581. The van der Waals surface area contributed by atoms with Gasteiger partial charge < -0.3 is 15.6 Å². The van der Waals surface area contributed by atoms with Gasteiger partial charge in [0.15, 0.2) is 0 Å². The van der Waals surface area contributed by atoms with Crippen LogP contribution in [0.3, 0.4) is 0 Å². The van der Waals surface area contributed by atoms with Crippen molar-refractivity contribution in [1.82, 2.24) is 14.9 Å². The van der Waals surface area contributed by atoms with Gasteiger partial charge in [0, 0.05) is 18.2 Å². The summed E-state index contributed by atoms with van der Waals surface area (Å²) in [5, 5.41) is 3.39. The monoisotopic (exact) mass is 280 g/mol. The molecule has 0 radical (unpaired) electrons. The van der Waals surface area contributed by atoms with Gasteiger partial charge in [-0.05, 0) is 40.3 Å². The molecule has 6 heteroatoms. The van der Waals surface area contributed by atoms with Crippen LogP contribution in [0.15, 0.2) is 6.33 Å². The zero-order valence-corrected chi connectivity index (χ0v) is 13.1. The van der Waals surface area contributed by atoms with E-state index in [1.54, 1.807) is 0 Å². The van der Waals surface area contributed by atoms with Crippen molar-refractivity contribution >= 4 is 11.6 Å². The van der Waals surface area contributed by atoms with Crippen molar-refractivity contribution in [2.24, 2.45) is 5.84 Å². The molecule has 4 N–H and O–H groups in total. The molecule has 6 nitrogen and oxygen atoms in total. The van der Waals surface area contributed by atoms with Crippen molar-refractivity contribution in [2.75, 3.05) is 30.9 Å². The van der Waals surface area contributed by atoms with Gasteiger partial charge in [-0.3, -0.25) is 0 Å². The zero-order valence-electron chi connectivity index (χ0n) is 13.1. The normalized spacial score (nSPS) is 11.2. The fourth-order valence-corrected chi connectivity index (χ4v) is 1.97. The number of nitrogens with one attached hydrogen (secondary N) is 2. The van der Waals surface area contributed by atoms with Crippen molar-refractivity contribution in [1.29, 1.82) is 0 Å². The van der Waals surface area contributed by atoms with Crippen LogP contribution < -0.4 is 16.6 Å². The van der Waals surface area contributed by atoms with E-state index >= 15 is 0 Å². The summed E-state index contributed by atoms with van der Waals surface area (Å²) in [6.07, 6.45) is 4.56. The second-order valence-corrected chi connectivity index (χ2v) is 5.30. The first-order valence-corrected chi connectivity index (χ1v) is 7.34. The molecule has 0 unspecified atom stereocenters. The summed E-state index contributed by atoms with van der Waals surface area (Å²) >= 11 is 0. The summed E-state index contributed by atoms with van der Waals surface area (Å²) in [6.45, 7) is 8.51. The van der Waals surface area contributed by atoms with Gasteiger partial charge in [0.05, 0.1) is 0 Å². The van der Waals surface area contributed by atoms with Crippen LogP contribution in [-0.4, -0.2) is 41.0 Å². The highest BCUT2D eigenvalue weighted by atomic mass is 15.3. The molecule has 1 aromatic rings. The third-order valence-corrected chi connectivity index (χ3v) is 3.44. The SMILES string of the molecule is CCCc1c(NN)ncnc1NCCCN(C)C(C)C. The molecule has 0 aliphatic rings. The minimum absolute atomic E-state index is 0.581. The topological polar surface area (TPSA) is 79.1 Å². The average molecular weight is 280 g/mol. The summed E-state index contributed by atoms with van der Waals surface area (Å²) < 4.78 is 0. The Bertz CT molecular complexity index is 393. The molecule has 0 bridgehead atoms. The standard InChI is InChI=1S/C14H28N6/c1-5-7-12-13(17-10-18-14(12)19-15)16-8-6-9-20(4)11(2)3/h10-11H,5-9,15H2,1-4H3,(H2,16,17,18,19). The van der Waals surface area contributed by atoms with E-state index in [9.17, 15) is 0 Å². The number of nitrogens with zero attached hydrogens (tertiary/aromatic N) is 3. The molecule has 0 aromatic carbocycles. The van der Waals surface area contributed by atoms with Crippen LogP contribution in [0.2, 0.25) is 0 Å². The van der Waals surface area contributed by atoms with E-state index in [0.717, 1.165) is 43.7 Å². The van der Waals surface area contributed by atoms with Crippen LogP contribution in [0, 0.1) is 0 Å². The zero-order chi connectivity index (χ0) is 15.0. The first-order valence-electron chi connectivity index (χ1n) is 7.34. The number of nitrogens with two attached hydrogens (primary N) is 1. The van der Waals surface area contributed by atoms with E-state index in [4.69, 9.17) is 5.84 Å². The van der Waals surface area contributed by atoms with Crippen LogP contribution in [0.4, 0.5) is 11.6 Å². The van der Waals surface area contributed by atoms with Crippen LogP contribution in [0.5, 0.6) is 0 Å². The molecule has 0 aliphatic carbocycles. The van der Waals surface area contributed by atoms with Crippen LogP contribution in [0.1, 0.15) is 39.2 Å². The Morgan fingerprint density at radius 1 is 1.30 bits per heavy atom. The Hall–Kier alpha value is -1.40. The molecule has 1 aromatic heterocycles. The van der Waals surface area contributed by atoms with Gasteiger partial charge >= 0.3 is 0 Å². The van der Waals surface area contributed by atoms with E-state index in [1.165, 1.54) is 6.33 Å². The summed E-state index contributed by atoms with van der Waals surface area (Å²) in [7, 11) is 2.15. The highest BCUT2D eigenvalue weighted by Gasteiger charge is 2.09. The lowest BCUT2D eigenvalue weighted by Gasteiger charge is -2.21. The largest absolute Gasteiger partial charge is 0.370 e. The van der Waals surface area contributed by atoms with Gasteiger partial charge in [0.2, 0.25) is 0 Å². The van der Waals surface area contributed by atoms with Crippen molar-refractivity contribution < 1.29 is 0 Å². The van der Waals surface area contributed by atoms with E-state index < -0.39 is 0 Å². The molecule has 114 valence electrons. The second-order valence-electron chi connectivity index (χ2n) is 5.30. The number of hydrogen-bond donors (Lipinski definition) is 3. The first-order chi connectivity index (χ1) is 9.60. The van der Waals surface area contributed by atoms with Gasteiger partial charge in [-0.2, -0.15) is 0 Å². The van der Waals surface area contributed by atoms with Crippen LogP contribution in [-0.2, 0) is 6.42 Å². The third-order valence-electron chi connectivity index (χ3n) is 3.44. The van der Waals surface area contributed by atoms with Gasteiger partial charge in [0.25, 0.3) is 0 Å². The Balaban J connectivity index is 2.55. The van der Waals surface area contributed by atoms with Gasteiger partial charge in [-0.25, -0.2) is 15.8 Å². The lowest BCUT2D eigenvalue weighted by atomic mass is 10.1. The Kier molecular flexibility index (Phi) is 7.25. The Labute approximate surface area is 122 Å². The summed E-state index contributed by atoms with van der Waals surface area (Å²) in [6, 6.07) is 0.581. The highest BCUT2D eigenvalue weighted by molar-refractivity contribution is 5.56. The molecular formula is C14H28N6. The summed E-state index contributed by atoms with van der Waals surface area (Å²) in [4.78, 5) is 10.8. The molecule has 1 heterocycles. The van der Waals surface area contributed by atoms with Crippen molar-refractivity contribution in [3.63, 3.8) is 0 Å². The van der Waals surface area contributed by atoms with E-state index in [0.29, 0.717) is 11.9 Å². The third kappa shape index (κ3) is 4.94. The van der Waals surface area contributed by atoms with E-state index in [2.05, 4.69) is 53.4 Å².